The van der Waals surface area contributed by atoms with Crippen molar-refractivity contribution in [2.24, 2.45) is 0 Å². The van der Waals surface area contributed by atoms with Crippen LogP contribution in [0.1, 0.15) is 206 Å². The van der Waals surface area contributed by atoms with Gasteiger partial charge in [-0.25, -0.2) is 4.57 Å². The molecule has 1 aliphatic rings. The molecular formula is C43H85O12P. The summed E-state index contributed by atoms with van der Waals surface area (Å²) in [5.41, 5.74) is 0. The first-order valence-corrected chi connectivity index (χ1v) is 24.4. The summed E-state index contributed by atoms with van der Waals surface area (Å²) in [6, 6.07) is 0. The third-order valence-corrected chi connectivity index (χ3v) is 12.0. The first-order valence-electron chi connectivity index (χ1n) is 22.9. The summed E-state index contributed by atoms with van der Waals surface area (Å²) in [7, 11) is -5.01. The first kappa shape index (κ1) is 53.4. The first-order chi connectivity index (χ1) is 27.0. The van der Waals surface area contributed by atoms with Gasteiger partial charge in [0.15, 0.2) is 0 Å². The van der Waals surface area contributed by atoms with Crippen molar-refractivity contribution < 1.29 is 58.3 Å². The molecule has 0 saturated heterocycles. The Bertz CT molecular complexity index is 942. The van der Waals surface area contributed by atoms with E-state index in [1.165, 1.54) is 141 Å². The van der Waals surface area contributed by atoms with E-state index in [1.807, 2.05) is 0 Å². The van der Waals surface area contributed by atoms with E-state index >= 15 is 0 Å². The van der Waals surface area contributed by atoms with E-state index in [0.717, 1.165) is 38.5 Å². The second-order valence-corrected chi connectivity index (χ2v) is 17.7. The van der Waals surface area contributed by atoms with E-state index < -0.39 is 63.1 Å². The Morgan fingerprint density at radius 2 is 0.839 bits per heavy atom. The van der Waals surface area contributed by atoms with Gasteiger partial charge < -0.3 is 39.9 Å². The van der Waals surface area contributed by atoms with E-state index in [0.29, 0.717) is 13.0 Å². The Hall–Kier alpha value is -0.660. The third kappa shape index (κ3) is 27.2. The summed E-state index contributed by atoms with van der Waals surface area (Å²) in [6.07, 6.45) is 23.2. The maximum atomic E-state index is 12.8. The predicted molar refractivity (Wildman–Crippen MR) is 221 cm³/mol. The zero-order chi connectivity index (χ0) is 41.3. The molecule has 0 bridgehead atoms. The Morgan fingerprint density at radius 1 is 0.500 bits per heavy atom. The fraction of sp³-hybridized carbons (Fsp3) is 0.977. The topological polar surface area (TPSA) is 192 Å². The van der Waals surface area contributed by atoms with Gasteiger partial charge in [0.2, 0.25) is 0 Å². The van der Waals surface area contributed by atoms with Gasteiger partial charge in [-0.1, -0.05) is 187 Å². The zero-order valence-corrected chi connectivity index (χ0v) is 36.4. The monoisotopic (exact) mass is 825 g/mol. The maximum Gasteiger partial charge on any atom is 0.472 e. The maximum absolute atomic E-state index is 12.8. The highest BCUT2D eigenvalue weighted by Crippen LogP contribution is 2.47. The predicted octanol–water partition coefficient (Wildman–Crippen LogP) is 8.98. The average Bonchev–Trinajstić information content (AvgIpc) is 3.18. The Labute approximate surface area is 340 Å². The van der Waals surface area contributed by atoms with Crippen molar-refractivity contribution in [3.8, 4) is 0 Å². The van der Waals surface area contributed by atoms with Crippen molar-refractivity contribution in [1.29, 1.82) is 0 Å². The van der Waals surface area contributed by atoms with Crippen molar-refractivity contribution in [1.82, 2.24) is 0 Å². The van der Waals surface area contributed by atoms with E-state index in [1.54, 1.807) is 0 Å². The van der Waals surface area contributed by atoms with Crippen molar-refractivity contribution >= 4 is 13.8 Å². The van der Waals surface area contributed by atoms with Gasteiger partial charge in [0.1, 0.15) is 42.7 Å². The van der Waals surface area contributed by atoms with E-state index in [2.05, 4.69) is 13.8 Å². The third-order valence-electron chi connectivity index (χ3n) is 11.0. The highest BCUT2D eigenvalue weighted by atomic mass is 31.2. The molecule has 1 aliphatic carbocycles. The molecule has 1 saturated carbocycles. The van der Waals surface area contributed by atoms with Crippen molar-refractivity contribution in [3.05, 3.63) is 0 Å². The number of aliphatic hydroxyl groups is 5. The lowest BCUT2D eigenvalue weighted by atomic mass is 9.85. The molecule has 1 fully saturated rings. The molecular weight excluding hydrogens is 739 g/mol. The van der Waals surface area contributed by atoms with Crippen LogP contribution < -0.4 is 0 Å². The van der Waals surface area contributed by atoms with Gasteiger partial charge in [-0.3, -0.25) is 13.8 Å². The van der Waals surface area contributed by atoms with E-state index in [9.17, 15) is 39.8 Å². The van der Waals surface area contributed by atoms with E-state index in [4.69, 9.17) is 18.5 Å². The summed E-state index contributed by atoms with van der Waals surface area (Å²) >= 11 is 0. The highest BCUT2D eigenvalue weighted by Gasteiger charge is 2.51. The second kappa shape index (κ2) is 35.1. The molecule has 1 rings (SSSR count). The molecule has 0 aliphatic heterocycles. The van der Waals surface area contributed by atoms with E-state index in [-0.39, 0.29) is 13.0 Å². The highest BCUT2D eigenvalue weighted by molar-refractivity contribution is 7.47. The van der Waals surface area contributed by atoms with Gasteiger partial charge in [-0.2, -0.15) is 0 Å². The summed E-state index contributed by atoms with van der Waals surface area (Å²) in [4.78, 5) is 23.1. The molecule has 0 heterocycles. The second-order valence-electron chi connectivity index (χ2n) is 16.3. The summed E-state index contributed by atoms with van der Waals surface area (Å²) < 4.78 is 34.1. The number of aliphatic hydroxyl groups excluding tert-OH is 5. The standard InChI is InChI=1S/C43H85O12P/c1-3-5-7-9-11-13-15-17-18-19-20-21-23-25-27-29-31-33-52-34-36(54-37(44)32-30-28-26-24-22-16-14-12-10-8-6-4-2)35-53-56(50,51)55-43-41(48)39(46)38(45)40(47)42(43)49/h36,38-43,45-49H,3-35H2,1-2H3,(H,50,51). The van der Waals surface area contributed by atoms with Gasteiger partial charge in [-0.05, 0) is 12.8 Å². The van der Waals surface area contributed by atoms with Gasteiger partial charge in [0, 0.05) is 13.0 Å². The number of carbonyl (C=O) groups excluding carboxylic acids is 1. The molecule has 0 aromatic rings. The number of hydrogen-bond acceptors (Lipinski definition) is 11. The van der Waals surface area contributed by atoms with Crippen LogP contribution in [-0.4, -0.2) is 98.9 Å². The number of hydrogen-bond donors (Lipinski definition) is 6. The minimum atomic E-state index is -5.01. The normalized spacial score (nSPS) is 22.9. The molecule has 56 heavy (non-hydrogen) atoms. The lowest BCUT2D eigenvalue weighted by Gasteiger charge is -2.41. The molecule has 0 amide bonds. The number of ether oxygens (including phenoxy) is 2. The number of esters is 1. The molecule has 0 spiro atoms. The quantitative estimate of drug-likeness (QED) is 0.0196. The van der Waals surface area contributed by atoms with Crippen LogP contribution in [0.5, 0.6) is 0 Å². The van der Waals surface area contributed by atoms with Crippen LogP contribution in [0.4, 0.5) is 0 Å². The molecule has 6 atom stereocenters. The van der Waals surface area contributed by atoms with Crippen LogP contribution in [0, 0.1) is 0 Å². The zero-order valence-electron chi connectivity index (χ0n) is 35.5. The fourth-order valence-corrected chi connectivity index (χ4v) is 8.27. The SMILES string of the molecule is CCCCCCCCCCCCCCCCCCCOCC(COP(=O)(O)OC1C(O)C(O)C(O)C(O)C1O)OC(=O)CCCCCCCCCCCCCC. The van der Waals surface area contributed by atoms with Crippen molar-refractivity contribution in [2.45, 2.75) is 249 Å². The van der Waals surface area contributed by atoms with Crippen molar-refractivity contribution in [3.63, 3.8) is 0 Å². The minimum Gasteiger partial charge on any atom is -0.457 e. The number of rotatable bonds is 39. The smallest absolute Gasteiger partial charge is 0.457 e. The van der Waals surface area contributed by atoms with Crippen LogP contribution in [0.3, 0.4) is 0 Å². The number of phosphoric ester groups is 1. The molecule has 13 heteroatoms. The largest absolute Gasteiger partial charge is 0.472 e. The molecule has 0 radical (unpaired) electrons. The Balaban J connectivity index is 2.37. The van der Waals surface area contributed by atoms with Crippen molar-refractivity contribution in [2.75, 3.05) is 19.8 Å². The van der Waals surface area contributed by atoms with Gasteiger partial charge in [0.25, 0.3) is 0 Å². The van der Waals surface area contributed by atoms with Crippen LogP contribution in [0.15, 0.2) is 0 Å². The molecule has 0 aromatic heterocycles. The molecule has 0 aromatic carbocycles. The fourth-order valence-electron chi connectivity index (χ4n) is 7.30. The van der Waals surface area contributed by atoms with Gasteiger partial charge in [-0.15, -0.1) is 0 Å². The van der Waals surface area contributed by atoms with Crippen LogP contribution in [0.2, 0.25) is 0 Å². The summed E-state index contributed by atoms with van der Waals surface area (Å²) in [5, 5.41) is 50.1. The molecule has 6 unspecified atom stereocenters. The minimum absolute atomic E-state index is 0.0681. The van der Waals surface area contributed by atoms with Crippen LogP contribution in [0.25, 0.3) is 0 Å². The lowest BCUT2D eigenvalue weighted by molar-refractivity contribution is -0.220. The van der Waals surface area contributed by atoms with Crippen LogP contribution in [-0.2, 0) is 27.9 Å². The Kier molecular flexibility index (Phi) is 33.5. The molecule has 12 nitrogen and oxygen atoms in total. The number of carbonyl (C=O) groups is 1. The average molecular weight is 825 g/mol. The summed E-state index contributed by atoms with van der Waals surface area (Å²) in [5.74, 6) is -0.473. The Morgan fingerprint density at radius 3 is 1.23 bits per heavy atom. The summed E-state index contributed by atoms with van der Waals surface area (Å²) in [6.45, 7) is 4.28. The van der Waals surface area contributed by atoms with Gasteiger partial charge >= 0.3 is 13.8 Å². The van der Waals surface area contributed by atoms with Crippen LogP contribution >= 0.6 is 7.82 Å². The number of phosphoric acid groups is 1. The number of unbranched alkanes of at least 4 members (excludes halogenated alkanes) is 27. The van der Waals surface area contributed by atoms with Gasteiger partial charge in [0.05, 0.1) is 13.2 Å². The molecule has 6 N–H and O–H groups in total. The molecule has 334 valence electrons. The lowest BCUT2D eigenvalue weighted by Crippen LogP contribution is -2.64.